The molecule has 1 atom stereocenters. The van der Waals surface area contributed by atoms with Crippen LogP contribution < -0.4 is 10.6 Å². The molecule has 1 aromatic rings. The van der Waals surface area contributed by atoms with Crippen LogP contribution in [0.4, 0.5) is 0 Å². The van der Waals surface area contributed by atoms with Crippen molar-refractivity contribution in [2.45, 2.75) is 44.6 Å². The van der Waals surface area contributed by atoms with Gasteiger partial charge in [0.15, 0.2) is 0 Å². The molecule has 2 N–H and O–H groups in total. The van der Waals surface area contributed by atoms with E-state index in [-0.39, 0.29) is 18.4 Å². The van der Waals surface area contributed by atoms with Crippen LogP contribution in [-0.4, -0.2) is 24.4 Å². The van der Waals surface area contributed by atoms with Crippen molar-refractivity contribution in [1.29, 1.82) is 0 Å². The van der Waals surface area contributed by atoms with Gasteiger partial charge in [-0.1, -0.05) is 36.9 Å². The molecule has 2 aliphatic rings. The average molecular weight is 321 g/mol. The molecule has 0 aromatic heterocycles. The third kappa shape index (κ3) is 3.43. The normalized spacial score (nSPS) is 22.1. The van der Waals surface area contributed by atoms with Crippen molar-refractivity contribution in [1.82, 2.24) is 10.6 Å². The second kappa shape index (κ2) is 6.29. The Morgan fingerprint density at radius 3 is 2.73 bits per heavy atom. The summed E-state index contributed by atoms with van der Waals surface area (Å²) >= 11 is 5.85. The maximum absolute atomic E-state index is 12.0. The molecule has 2 amide bonds. The molecule has 0 heterocycles. The maximum Gasteiger partial charge on any atom is 0.251 e. The highest BCUT2D eigenvalue weighted by atomic mass is 35.5. The lowest BCUT2D eigenvalue weighted by molar-refractivity contribution is -0.120. The van der Waals surface area contributed by atoms with E-state index < -0.39 is 0 Å². The van der Waals surface area contributed by atoms with Gasteiger partial charge in [-0.2, -0.15) is 0 Å². The van der Waals surface area contributed by atoms with E-state index in [0.29, 0.717) is 22.0 Å². The lowest BCUT2D eigenvalue weighted by atomic mass is 9.86. The Morgan fingerprint density at radius 1 is 1.23 bits per heavy atom. The third-order valence-corrected chi connectivity index (χ3v) is 5.11. The van der Waals surface area contributed by atoms with E-state index in [1.807, 2.05) is 0 Å². The van der Waals surface area contributed by atoms with Crippen molar-refractivity contribution < 1.29 is 9.59 Å². The number of carbonyl (C=O) groups is 2. The first-order valence-corrected chi connectivity index (χ1v) is 8.30. The summed E-state index contributed by atoms with van der Waals surface area (Å²) in [7, 11) is 0. The van der Waals surface area contributed by atoms with Crippen LogP contribution in [0.15, 0.2) is 24.3 Å². The SMILES string of the molecule is O=C(CNC(=O)c1cccc(Cl)c1)NC1CC12CCCCC2. The van der Waals surface area contributed by atoms with E-state index in [4.69, 9.17) is 11.6 Å². The number of halogens is 1. The van der Waals surface area contributed by atoms with Gasteiger partial charge < -0.3 is 10.6 Å². The van der Waals surface area contributed by atoms with Gasteiger partial charge in [0.1, 0.15) is 0 Å². The van der Waals surface area contributed by atoms with Crippen LogP contribution in [0.1, 0.15) is 48.9 Å². The van der Waals surface area contributed by atoms with Gasteiger partial charge in [-0.25, -0.2) is 0 Å². The van der Waals surface area contributed by atoms with Crippen LogP contribution >= 0.6 is 11.6 Å². The first-order valence-electron chi connectivity index (χ1n) is 7.92. The first kappa shape index (κ1) is 15.3. The van der Waals surface area contributed by atoms with E-state index in [1.54, 1.807) is 24.3 Å². The third-order valence-electron chi connectivity index (χ3n) is 4.87. The standard InChI is InChI=1S/C17H21ClN2O2/c18-13-6-4-5-12(9-13)16(22)19-11-15(21)20-14-10-17(14)7-2-1-3-8-17/h4-6,9,14H,1-3,7-8,10-11H2,(H,19,22)(H,20,21). The molecule has 118 valence electrons. The lowest BCUT2D eigenvalue weighted by Gasteiger charge is -2.22. The molecule has 22 heavy (non-hydrogen) atoms. The van der Waals surface area contributed by atoms with Gasteiger partial charge in [-0.3, -0.25) is 9.59 Å². The largest absolute Gasteiger partial charge is 0.351 e. The van der Waals surface area contributed by atoms with Gasteiger partial charge in [-0.15, -0.1) is 0 Å². The van der Waals surface area contributed by atoms with Crippen molar-refractivity contribution in [2.75, 3.05) is 6.54 Å². The predicted molar refractivity (Wildman–Crippen MR) is 85.9 cm³/mol. The molecule has 2 aliphatic carbocycles. The number of hydrogen-bond donors (Lipinski definition) is 2. The van der Waals surface area contributed by atoms with Crippen molar-refractivity contribution in [3.63, 3.8) is 0 Å². The molecule has 5 heteroatoms. The van der Waals surface area contributed by atoms with Gasteiger partial charge in [0.25, 0.3) is 5.91 Å². The highest BCUT2D eigenvalue weighted by molar-refractivity contribution is 6.30. The first-order chi connectivity index (χ1) is 10.6. The molecule has 0 radical (unpaired) electrons. The molecule has 1 unspecified atom stereocenters. The summed E-state index contributed by atoms with van der Waals surface area (Å²) in [6, 6.07) is 7.00. The lowest BCUT2D eigenvalue weighted by Crippen LogP contribution is -2.39. The van der Waals surface area contributed by atoms with E-state index in [0.717, 1.165) is 6.42 Å². The summed E-state index contributed by atoms with van der Waals surface area (Å²) in [5, 5.41) is 6.20. The summed E-state index contributed by atoms with van der Waals surface area (Å²) in [6.07, 6.45) is 7.43. The summed E-state index contributed by atoms with van der Waals surface area (Å²) in [4.78, 5) is 23.9. The number of carbonyl (C=O) groups excluding carboxylic acids is 2. The zero-order valence-electron chi connectivity index (χ0n) is 12.5. The van der Waals surface area contributed by atoms with Crippen LogP contribution in [0.3, 0.4) is 0 Å². The minimum atomic E-state index is -0.277. The zero-order chi connectivity index (χ0) is 15.6. The molecular weight excluding hydrogens is 300 g/mol. The van der Waals surface area contributed by atoms with Gasteiger partial charge in [-0.05, 0) is 42.9 Å². The minimum absolute atomic E-state index is 0.0118. The number of hydrogen-bond acceptors (Lipinski definition) is 2. The molecule has 4 nitrogen and oxygen atoms in total. The quantitative estimate of drug-likeness (QED) is 0.896. The number of benzene rings is 1. The molecule has 1 spiro atoms. The summed E-state index contributed by atoms with van der Waals surface area (Å²) < 4.78 is 0. The van der Waals surface area contributed by atoms with E-state index in [2.05, 4.69) is 10.6 Å². The Balaban J connectivity index is 1.44. The van der Waals surface area contributed by atoms with Crippen molar-refractivity contribution >= 4 is 23.4 Å². The fourth-order valence-corrected chi connectivity index (χ4v) is 3.69. The van der Waals surface area contributed by atoms with Crippen molar-refractivity contribution in [2.24, 2.45) is 5.41 Å². The van der Waals surface area contributed by atoms with Crippen LogP contribution in [0, 0.1) is 5.41 Å². The Bertz CT molecular complexity index is 582. The van der Waals surface area contributed by atoms with Crippen molar-refractivity contribution in [3.05, 3.63) is 34.9 Å². The zero-order valence-corrected chi connectivity index (χ0v) is 13.3. The van der Waals surface area contributed by atoms with E-state index in [9.17, 15) is 9.59 Å². The van der Waals surface area contributed by atoms with Gasteiger partial charge in [0.2, 0.25) is 5.91 Å². The number of rotatable bonds is 4. The molecule has 2 saturated carbocycles. The smallest absolute Gasteiger partial charge is 0.251 e. The topological polar surface area (TPSA) is 58.2 Å². The highest BCUT2D eigenvalue weighted by Crippen LogP contribution is 2.56. The average Bonchev–Trinajstić information content (AvgIpc) is 3.16. The van der Waals surface area contributed by atoms with Gasteiger partial charge in [0, 0.05) is 16.6 Å². The maximum atomic E-state index is 12.0. The molecule has 0 bridgehead atoms. The fraction of sp³-hybridized carbons (Fsp3) is 0.529. The van der Waals surface area contributed by atoms with Crippen LogP contribution in [-0.2, 0) is 4.79 Å². The number of nitrogens with one attached hydrogen (secondary N) is 2. The Labute approximate surface area is 135 Å². The Hall–Kier alpha value is -1.55. The van der Waals surface area contributed by atoms with Crippen LogP contribution in [0.2, 0.25) is 5.02 Å². The fourth-order valence-electron chi connectivity index (χ4n) is 3.50. The summed E-state index contributed by atoms with van der Waals surface area (Å²) in [5.74, 6) is -0.386. The highest BCUT2D eigenvalue weighted by Gasteiger charge is 2.54. The van der Waals surface area contributed by atoms with Crippen LogP contribution in [0.25, 0.3) is 0 Å². The Kier molecular flexibility index (Phi) is 4.39. The minimum Gasteiger partial charge on any atom is -0.351 e. The van der Waals surface area contributed by atoms with E-state index in [1.165, 1.54) is 32.1 Å². The molecule has 2 fully saturated rings. The van der Waals surface area contributed by atoms with Gasteiger partial charge in [0.05, 0.1) is 6.54 Å². The number of amides is 2. The van der Waals surface area contributed by atoms with Crippen molar-refractivity contribution in [3.8, 4) is 0 Å². The molecule has 1 aromatic carbocycles. The Morgan fingerprint density at radius 2 is 2.00 bits per heavy atom. The molecule has 3 rings (SSSR count). The second-order valence-corrected chi connectivity index (χ2v) is 6.88. The van der Waals surface area contributed by atoms with E-state index >= 15 is 0 Å². The van der Waals surface area contributed by atoms with Crippen LogP contribution in [0.5, 0.6) is 0 Å². The monoisotopic (exact) mass is 320 g/mol. The summed E-state index contributed by atoms with van der Waals surface area (Å²) in [6.45, 7) is 0.0118. The molecular formula is C17H21ClN2O2. The summed E-state index contributed by atoms with van der Waals surface area (Å²) in [5.41, 5.74) is 0.834. The second-order valence-electron chi connectivity index (χ2n) is 6.44. The van der Waals surface area contributed by atoms with Gasteiger partial charge >= 0.3 is 0 Å². The molecule has 0 aliphatic heterocycles. The predicted octanol–water partition coefficient (Wildman–Crippen LogP) is 2.91. The molecule has 0 saturated heterocycles.